The SMILES string of the molecule is C=C[C@H]([C@H](O)CC/C(C)=C/c1ccc(O)cc1)[C@H](O)c1ccc([N+](=O)[O-])cc1. The number of aromatic hydroxyl groups is 1. The lowest BCUT2D eigenvalue weighted by Gasteiger charge is -2.25. The van der Waals surface area contributed by atoms with Gasteiger partial charge in [-0.2, -0.15) is 0 Å². The van der Waals surface area contributed by atoms with Gasteiger partial charge in [-0.3, -0.25) is 10.1 Å². The molecule has 28 heavy (non-hydrogen) atoms. The molecular formula is C22H25NO5. The quantitative estimate of drug-likeness (QED) is 0.339. The van der Waals surface area contributed by atoms with Gasteiger partial charge < -0.3 is 15.3 Å². The van der Waals surface area contributed by atoms with Crippen molar-refractivity contribution in [2.75, 3.05) is 0 Å². The van der Waals surface area contributed by atoms with Crippen molar-refractivity contribution in [2.45, 2.75) is 32.0 Å². The standard InChI is InChI=1S/C22H25NO5/c1-3-20(22(26)17-7-9-18(10-8-17)23(27)28)21(25)13-4-15(2)14-16-5-11-19(24)12-6-16/h3,5-12,14,20-22,24-26H,1,4,13H2,2H3/b15-14+/t20-,21-,22-/m1/s1. The van der Waals surface area contributed by atoms with Crippen molar-refractivity contribution in [2.24, 2.45) is 5.92 Å². The van der Waals surface area contributed by atoms with Crippen molar-refractivity contribution < 1.29 is 20.2 Å². The fourth-order valence-electron chi connectivity index (χ4n) is 3.01. The molecule has 0 aromatic heterocycles. The normalized spacial score (nSPS) is 14.9. The van der Waals surface area contributed by atoms with Crippen LogP contribution >= 0.6 is 0 Å². The van der Waals surface area contributed by atoms with E-state index in [2.05, 4.69) is 6.58 Å². The maximum atomic E-state index is 10.7. The third-order valence-electron chi connectivity index (χ3n) is 4.67. The minimum Gasteiger partial charge on any atom is -0.508 e. The highest BCUT2D eigenvalue weighted by Gasteiger charge is 2.25. The maximum Gasteiger partial charge on any atom is 0.269 e. The lowest BCUT2D eigenvalue weighted by Crippen LogP contribution is -2.25. The molecule has 148 valence electrons. The van der Waals surface area contributed by atoms with E-state index < -0.39 is 23.0 Å². The Morgan fingerprint density at radius 3 is 2.29 bits per heavy atom. The summed E-state index contributed by atoms with van der Waals surface area (Å²) in [4.78, 5) is 10.2. The van der Waals surface area contributed by atoms with Crippen molar-refractivity contribution in [1.29, 1.82) is 0 Å². The van der Waals surface area contributed by atoms with Crippen molar-refractivity contribution in [3.8, 4) is 5.75 Å². The molecule has 6 heteroatoms. The van der Waals surface area contributed by atoms with Gasteiger partial charge in [0, 0.05) is 18.1 Å². The average Bonchev–Trinajstić information content (AvgIpc) is 2.68. The van der Waals surface area contributed by atoms with E-state index in [9.17, 15) is 25.4 Å². The summed E-state index contributed by atoms with van der Waals surface area (Å²) in [7, 11) is 0. The largest absolute Gasteiger partial charge is 0.508 e. The molecule has 0 bridgehead atoms. The van der Waals surface area contributed by atoms with E-state index in [-0.39, 0.29) is 11.4 Å². The molecule has 0 amide bonds. The number of hydrogen-bond donors (Lipinski definition) is 3. The number of phenolic OH excluding ortho intramolecular Hbond substituents is 1. The number of nitro groups is 1. The van der Waals surface area contributed by atoms with Gasteiger partial charge in [-0.15, -0.1) is 6.58 Å². The van der Waals surface area contributed by atoms with E-state index >= 15 is 0 Å². The van der Waals surface area contributed by atoms with E-state index in [4.69, 9.17) is 0 Å². The molecule has 3 N–H and O–H groups in total. The molecule has 0 aliphatic carbocycles. The third-order valence-corrected chi connectivity index (χ3v) is 4.67. The lowest BCUT2D eigenvalue weighted by molar-refractivity contribution is -0.384. The molecule has 0 saturated carbocycles. The van der Waals surface area contributed by atoms with Gasteiger partial charge >= 0.3 is 0 Å². The second kappa shape index (κ2) is 9.82. The summed E-state index contributed by atoms with van der Waals surface area (Å²) < 4.78 is 0. The zero-order chi connectivity index (χ0) is 20.7. The Kier molecular flexibility index (Phi) is 7.49. The van der Waals surface area contributed by atoms with Gasteiger partial charge in [0.25, 0.3) is 5.69 Å². The smallest absolute Gasteiger partial charge is 0.269 e. The fourth-order valence-corrected chi connectivity index (χ4v) is 3.01. The van der Waals surface area contributed by atoms with Crippen LogP contribution in [-0.4, -0.2) is 26.3 Å². The number of aliphatic hydroxyl groups excluding tert-OH is 2. The van der Waals surface area contributed by atoms with Gasteiger partial charge in [0.15, 0.2) is 0 Å². The molecule has 2 rings (SSSR count). The number of phenols is 1. The first-order valence-electron chi connectivity index (χ1n) is 9.01. The van der Waals surface area contributed by atoms with Gasteiger partial charge in [-0.1, -0.05) is 29.9 Å². The van der Waals surface area contributed by atoms with Gasteiger partial charge in [0.2, 0.25) is 0 Å². The number of non-ortho nitro benzene ring substituents is 1. The van der Waals surface area contributed by atoms with Crippen LogP contribution in [0, 0.1) is 16.0 Å². The zero-order valence-corrected chi connectivity index (χ0v) is 15.7. The van der Waals surface area contributed by atoms with Crippen molar-refractivity contribution in [1.82, 2.24) is 0 Å². The first-order valence-corrected chi connectivity index (χ1v) is 9.01. The Morgan fingerprint density at radius 2 is 1.75 bits per heavy atom. The molecule has 2 aromatic carbocycles. The summed E-state index contributed by atoms with van der Waals surface area (Å²) in [6, 6.07) is 12.5. The Balaban J connectivity index is 1.99. The van der Waals surface area contributed by atoms with E-state index in [1.807, 2.05) is 13.0 Å². The van der Waals surface area contributed by atoms with Gasteiger partial charge in [0.1, 0.15) is 5.75 Å². The number of nitrogens with zero attached hydrogens (tertiary/aromatic N) is 1. The second-order valence-corrected chi connectivity index (χ2v) is 6.79. The Morgan fingerprint density at radius 1 is 1.14 bits per heavy atom. The first-order chi connectivity index (χ1) is 13.3. The van der Waals surface area contributed by atoms with E-state index in [0.29, 0.717) is 18.4 Å². The minimum atomic E-state index is -1.00. The first kappa shape index (κ1) is 21.3. The Labute approximate surface area is 164 Å². The zero-order valence-electron chi connectivity index (χ0n) is 15.7. The number of benzene rings is 2. The molecule has 0 aliphatic rings. The predicted molar refractivity (Wildman–Crippen MR) is 109 cm³/mol. The van der Waals surface area contributed by atoms with Crippen LogP contribution in [0.5, 0.6) is 5.75 Å². The van der Waals surface area contributed by atoms with Crippen LogP contribution in [0.3, 0.4) is 0 Å². The summed E-state index contributed by atoms with van der Waals surface area (Å²) in [5.74, 6) is -0.387. The molecule has 0 spiro atoms. The highest BCUT2D eigenvalue weighted by molar-refractivity contribution is 5.53. The Hall–Kier alpha value is -2.96. The van der Waals surface area contributed by atoms with E-state index in [1.54, 1.807) is 24.3 Å². The summed E-state index contributed by atoms with van der Waals surface area (Å²) in [5, 5.41) is 41.2. The van der Waals surface area contributed by atoms with Crippen LogP contribution in [0.1, 0.15) is 37.0 Å². The van der Waals surface area contributed by atoms with Crippen LogP contribution < -0.4 is 0 Å². The summed E-state index contributed by atoms with van der Waals surface area (Å²) in [6.45, 7) is 5.66. The summed E-state index contributed by atoms with van der Waals surface area (Å²) in [6.07, 6.45) is 2.72. The minimum absolute atomic E-state index is 0.0540. The molecule has 6 nitrogen and oxygen atoms in total. The molecule has 0 unspecified atom stereocenters. The number of aliphatic hydroxyl groups is 2. The molecule has 3 atom stereocenters. The summed E-state index contributed by atoms with van der Waals surface area (Å²) >= 11 is 0. The van der Waals surface area contributed by atoms with Crippen LogP contribution in [0.25, 0.3) is 6.08 Å². The molecule has 0 fully saturated rings. The molecular weight excluding hydrogens is 358 g/mol. The lowest BCUT2D eigenvalue weighted by atomic mass is 9.88. The average molecular weight is 383 g/mol. The maximum absolute atomic E-state index is 10.7. The molecule has 0 radical (unpaired) electrons. The van der Waals surface area contributed by atoms with E-state index in [1.165, 1.54) is 30.3 Å². The Bertz CT molecular complexity index is 827. The van der Waals surface area contributed by atoms with E-state index in [0.717, 1.165) is 11.1 Å². The topological polar surface area (TPSA) is 104 Å². The van der Waals surface area contributed by atoms with Crippen molar-refractivity contribution >= 4 is 11.8 Å². The number of hydrogen-bond acceptors (Lipinski definition) is 5. The van der Waals surface area contributed by atoms with Crippen molar-refractivity contribution in [3.05, 3.63) is 88.0 Å². The monoisotopic (exact) mass is 383 g/mol. The second-order valence-electron chi connectivity index (χ2n) is 6.79. The van der Waals surface area contributed by atoms with Crippen LogP contribution in [-0.2, 0) is 0 Å². The summed E-state index contributed by atoms with van der Waals surface area (Å²) in [5.41, 5.74) is 2.45. The molecule has 2 aromatic rings. The van der Waals surface area contributed by atoms with Gasteiger partial charge in [0.05, 0.1) is 17.1 Å². The number of rotatable bonds is 9. The molecule has 0 saturated heterocycles. The predicted octanol–water partition coefficient (Wildman–Crippen LogP) is 4.38. The molecule has 0 aliphatic heterocycles. The fraction of sp³-hybridized carbons (Fsp3) is 0.273. The van der Waals surface area contributed by atoms with Crippen molar-refractivity contribution in [3.63, 3.8) is 0 Å². The van der Waals surface area contributed by atoms with Gasteiger partial charge in [-0.05, 0) is 55.2 Å². The highest BCUT2D eigenvalue weighted by atomic mass is 16.6. The molecule has 0 heterocycles. The van der Waals surface area contributed by atoms with Crippen LogP contribution in [0.4, 0.5) is 5.69 Å². The number of nitro benzene ring substituents is 1. The van der Waals surface area contributed by atoms with Crippen LogP contribution in [0.2, 0.25) is 0 Å². The number of allylic oxidation sites excluding steroid dienone is 1. The third kappa shape index (κ3) is 5.77. The highest BCUT2D eigenvalue weighted by Crippen LogP contribution is 2.29. The van der Waals surface area contributed by atoms with Gasteiger partial charge in [-0.25, -0.2) is 0 Å². The van der Waals surface area contributed by atoms with Crippen LogP contribution in [0.15, 0.2) is 66.8 Å².